The highest BCUT2D eigenvalue weighted by Crippen LogP contribution is 2.46. The van der Waals surface area contributed by atoms with Gasteiger partial charge in [0.25, 0.3) is 0 Å². The molecule has 1 fully saturated rings. The van der Waals surface area contributed by atoms with Crippen LogP contribution >= 0.6 is 27.3 Å². The zero-order valence-electron chi connectivity index (χ0n) is 11.0. The number of likely N-dealkylation sites (N-methyl/N-ethyl adjacent to an activating group) is 1. The van der Waals surface area contributed by atoms with Crippen molar-refractivity contribution < 1.29 is 0 Å². The third-order valence-electron chi connectivity index (χ3n) is 3.52. The summed E-state index contributed by atoms with van der Waals surface area (Å²) in [5.41, 5.74) is 2.26. The van der Waals surface area contributed by atoms with Crippen molar-refractivity contribution in [3.05, 3.63) is 33.5 Å². The van der Waals surface area contributed by atoms with Crippen molar-refractivity contribution in [1.29, 1.82) is 0 Å². The van der Waals surface area contributed by atoms with Crippen molar-refractivity contribution in [2.24, 2.45) is 0 Å². The van der Waals surface area contributed by atoms with Gasteiger partial charge in [-0.2, -0.15) is 0 Å². The van der Waals surface area contributed by atoms with Crippen LogP contribution in [0.4, 0.5) is 0 Å². The Kier molecular flexibility index (Phi) is 3.45. The molecule has 1 N–H and O–H groups in total. The number of rotatable bonds is 4. The molecular formula is C14H16BrN3S. The highest BCUT2D eigenvalue weighted by atomic mass is 79.9. The lowest BCUT2D eigenvalue weighted by molar-refractivity contribution is 0.586. The van der Waals surface area contributed by atoms with E-state index in [0.29, 0.717) is 0 Å². The third kappa shape index (κ3) is 2.59. The zero-order valence-corrected chi connectivity index (χ0v) is 13.4. The Labute approximate surface area is 125 Å². The Morgan fingerprint density at radius 2 is 2.16 bits per heavy atom. The summed E-state index contributed by atoms with van der Waals surface area (Å²) in [5.74, 6) is 1.00. The average molecular weight is 338 g/mol. The molecular weight excluding hydrogens is 322 g/mol. The first-order valence-corrected chi connectivity index (χ1v) is 8.05. The SMILES string of the molecule is CNCC1(c2nc(C)cc(-c3cc(Br)cs3)n2)CC1. The highest BCUT2D eigenvalue weighted by Gasteiger charge is 2.46. The van der Waals surface area contributed by atoms with Crippen molar-refractivity contribution in [3.63, 3.8) is 0 Å². The Morgan fingerprint density at radius 3 is 2.74 bits per heavy atom. The van der Waals surface area contributed by atoms with Gasteiger partial charge in [-0.25, -0.2) is 9.97 Å². The molecule has 0 atom stereocenters. The maximum atomic E-state index is 4.81. The van der Waals surface area contributed by atoms with E-state index in [4.69, 9.17) is 4.98 Å². The van der Waals surface area contributed by atoms with Crippen LogP contribution in [0.5, 0.6) is 0 Å². The Hall–Kier alpha value is -0.780. The van der Waals surface area contributed by atoms with Gasteiger partial charge in [0.1, 0.15) is 5.82 Å². The van der Waals surface area contributed by atoms with E-state index in [1.54, 1.807) is 11.3 Å². The van der Waals surface area contributed by atoms with Gasteiger partial charge in [-0.05, 0) is 54.9 Å². The number of hydrogen-bond donors (Lipinski definition) is 1. The lowest BCUT2D eigenvalue weighted by Crippen LogP contribution is -2.26. The molecule has 100 valence electrons. The predicted octanol–water partition coefficient (Wildman–Crippen LogP) is 3.53. The second kappa shape index (κ2) is 4.96. The van der Waals surface area contributed by atoms with Gasteiger partial charge in [-0.3, -0.25) is 0 Å². The van der Waals surface area contributed by atoms with Gasteiger partial charge in [0, 0.05) is 27.5 Å². The van der Waals surface area contributed by atoms with Crippen LogP contribution in [0.15, 0.2) is 22.0 Å². The Bertz CT molecular complexity index is 604. The molecule has 0 radical (unpaired) electrons. The van der Waals surface area contributed by atoms with E-state index in [9.17, 15) is 0 Å². The van der Waals surface area contributed by atoms with Crippen LogP contribution in [0.3, 0.4) is 0 Å². The molecule has 0 amide bonds. The van der Waals surface area contributed by atoms with Crippen molar-refractivity contribution in [3.8, 4) is 10.6 Å². The molecule has 0 bridgehead atoms. The van der Waals surface area contributed by atoms with Gasteiger partial charge < -0.3 is 5.32 Å². The molecule has 1 saturated carbocycles. The monoisotopic (exact) mass is 337 g/mol. The lowest BCUT2D eigenvalue weighted by Gasteiger charge is -2.14. The van der Waals surface area contributed by atoms with E-state index in [-0.39, 0.29) is 5.41 Å². The fourth-order valence-electron chi connectivity index (χ4n) is 2.35. The molecule has 2 heterocycles. The summed E-state index contributed by atoms with van der Waals surface area (Å²) in [7, 11) is 1.99. The van der Waals surface area contributed by atoms with Gasteiger partial charge >= 0.3 is 0 Å². The van der Waals surface area contributed by atoms with E-state index in [0.717, 1.165) is 28.2 Å². The van der Waals surface area contributed by atoms with E-state index < -0.39 is 0 Å². The topological polar surface area (TPSA) is 37.8 Å². The van der Waals surface area contributed by atoms with Gasteiger partial charge in [-0.1, -0.05) is 0 Å². The molecule has 5 heteroatoms. The summed E-state index contributed by atoms with van der Waals surface area (Å²) in [6.07, 6.45) is 2.37. The molecule has 1 aliphatic rings. The number of aromatic nitrogens is 2. The van der Waals surface area contributed by atoms with Crippen LogP contribution in [0, 0.1) is 6.92 Å². The van der Waals surface area contributed by atoms with Gasteiger partial charge in [0.2, 0.25) is 0 Å². The number of aryl methyl sites for hydroxylation is 1. The first-order chi connectivity index (χ1) is 9.13. The molecule has 2 aromatic heterocycles. The lowest BCUT2D eigenvalue weighted by atomic mass is 10.1. The number of halogens is 1. The average Bonchev–Trinajstić information content (AvgIpc) is 3.03. The quantitative estimate of drug-likeness (QED) is 0.927. The normalized spacial score (nSPS) is 16.6. The van der Waals surface area contributed by atoms with Crippen LogP contribution in [0.25, 0.3) is 10.6 Å². The molecule has 0 saturated heterocycles. The summed E-state index contributed by atoms with van der Waals surface area (Å²) in [6, 6.07) is 4.19. The molecule has 0 unspecified atom stereocenters. The summed E-state index contributed by atoms with van der Waals surface area (Å²) in [4.78, 5) is 10.7. The number of nitrogens with zero attached hydrogens (tertiary/aromatic N) is 2. The summed E-state index contributed by atoms with van der Waals surface area (Å²) < 4.78 is 1.11. The molecule has 2 aromatic rings. The number of nitrogens with one attached hydrogen (secondary N) is 1. The van der Waals surface area contributed by atoms with Crippen molar-refractivity contribution in [2.45, 2.75) is 25.2 Å². The van der Waals surface area contributed by atoms with Gasteiger partial charge in [0.05, 0.1) is 10.6 Å². The van der Waals surface area contributed by atoms with E-state index in [1.807, 2.05) is 14.0 Å². The Balaban J connectivity index is 2.01. The predicted molar refractivity (Wildman–Crippen MR) is 82.6 cm³/mol. The van der Waals surface area contributed by atoms with Gasteiger partial charge in [-0.15, -0.1) is 11.3 Å². The molecule has 19 heavy (non-hydrogen) atoms. The first-order valence-electron chi connectivity index (χ1n) is 6.38. The fraction of sp³-hybridized carbons (Fsp3) is 0.429. The van der Waals surface area contributed by atoms with E-state index in [2.05, 4.69) is 43.7 Å². The largest absolute Gasteiger partial charge is 0.319 e. The van der Waals surface area contributed by atoms with Gasteiger partial charge in [0.15, 0.2) is 0 Å². The zero-order chi connectivity index (χ0) is 13.5. The van der Waals surface area contributed by atoms with Crippen LogP contribution < -0.4 is 5.32 Å². The van der Waals surface area contributed by atoms with Crippen LogP contribution in [-0.2, 0) is 5.41 Å². The number of thiophene rings is 1. The van der Waals surface area contributed by atoms with Crippen LogP contribution in [0.1, 0.15) is 24.4 Å². The van der Waals surface area contributed by atoms with E-state index >= 15 is 0 Å². The van der Waals surface area contributed by atoms with Crippen molar-refractivity contribution in [2.75, 3.05) is 13.6 Å². The molecule has 0 aliphatic heterocycles. The minimum atomic E-state index is 0.171. The molecule has 0 aromatic carbocycles. The van der Waals surface area contributed by atoms with Crippen molar-refractivity contribution >= 4 is 27.3 Å². The van der Waals surface area contributed by atoms with Crippen LogP contribution in [0.2, 0.25) is 0 Å². The second-order valence-electron chi connectivity index (χ2n) is 5.16. The summed E-state index contributed by atoms with van der Waals surface area (Å²) in [6.45, 7) is 3.01. The van der Waals surface area contributed by atoms with Crippen LogP contribution in [-0.4, -0.2) is 23.6 Å². The smallest absolute Gasteiger partial charge is 0.136 e. The minimum absolute atomic E-state index is 0.171. The molecule has 3 rings (SSSR count). The standard InChI is InChI=1S/C14H16BrN3S/c1-9-5-11(12-6-10(15)7-19-12)18-13(17-9)14(3-4-14)8-16-2/h5-7,16H,3-4,8H2,1-2H3. The second-order valence-corrected chi connectivity index (χ2v) is 6.98. The minimum Gasteiger partial charge on any atom is -0.319 e. The molecule has 0 spiro atoms. The van der Waals surface area contributed by atoms with Crippen molar-refractivity contribution in [1.82, 2.24) is 15.3 Å². The third-order valence-corrected chi connectivity index (χ3v) is 5.23. The summed E-state index contributed by atoms with van der Waals surface area (Å²) in [5, 5.41) is 5.36. The Morgan fingerprint density at radius 1 is 1.37 bits per heavy atom. The number of hydrogen-bond acceptors (Lipinski definition) is 4. The first kappa shape index (κ1) is 13.2. The highest BCUT2D eigenvalue weighted by molar-refractivity contribution is 9.10. The van der Waals surface area contributed by atoms with E-state index in [1.165, 1.54) is 17.7 Å². The summed E-state index contributed by atoms with van der Waals surface area (Å²) >= 11 is 5.21. The molecule has 1 aliphatic carbocycles. The maximum Gasteiger partial charge on any atom is 0.136 e. The fourth-order valence-corrected chi connectivity index (χ4v) is 3.74. The maximum absolute atomic E-state index is 4.81. The molecule has 3 nitrogen and oxygen atoms in total.